The van der Waals surface area contributed by atoms with E-state index in [9.17, 15) is 0 Å². The highest BCUT2D eigenvalue weighted by Gasteiger charge is 2.16. The average Bonchev–Trinajstić information content (AvgIpc) is 2.05. The van der Waals surface area contributed by atoms with Crippen molar-refractivity contribution in [2.45, 2.75) is 26.2 Å². The third-order valence-corrected chi connectivity index (χ3v) is 2.59. The minimum Gasteiger partial charge on any atom is -0.368 e. The van der Waals surface area contributed by atoms with Crippen molar-refractivity contribution < 1.29 is 0 Å². The van der Waals surface area contributed by atoms with Gasteiger partial charge in [-0.05, 0) is 37.8 Å². The maximum absolute atomic E-state index is 4.05. The van der Waals surface area contributed by atoms with Crippen LogP contribution in [0.2, 0.25) is 0 Å². The Balaban J connectivity index is 1.83. The second kappa shape index (κ2) is 3.73. The summed E-state index contributed by atoms with van der Waals surface area (Å²) < 4.78 is 0. The van der Waals surface area contributed by atoms with Crippen LogP contribution in [-0.4, -0.2) is 16.7 Å². The Morgan fingerprint density at radius 1 is 1.38 bits per heavy atom. The summed E-state index contributed by atoms with van der Waals surface area (Å²) in [6.45, 7) is 3.00. The van der Waals surface area contributed by atoms with Crippen molar-refractivity contribution in [1.82, 2.24) is 10.2 Å². The number of nitrogens with one attached hydrogen (secondary N) is 1. The van der Waals surface area contributed by atoms with Crippen molar-refractivity contribution >= 4 is 5.82 Å². The highest BCUT2D eigenvalue weighted by molar-refractivity contribution is 5.32. The number of aromatic nitrogens is 2. The monoisotopic (exact) mass is 177 g/mol. The molecule has 1 aliphatic carbocycles. The van der Waals surface area contributed by atoms with Gasteiger partial charge in [-0.3, -0.25) is 0 Å². The molecule has 70 valence electrons. The molecule has 0 radical (unpaired) electrons. The smallest absolute Gasteiger partial charge is 0.148 e. The van der Waals surface area contributed by atoms with E-state index in [2.05, 4.69) is 15.5 Å². The number of nitrogens with zero attached hydrogens (tertiary/aromatic N) is 2. The highest BCUT2D eigenvalue weighted by Crippen LogP contribution is 2.26. The molecule has 1 aromatic heterocycles. The standard InChI is InChI=1S/C10H15N3/c1-8-5-6-10(13-12-8)11-7-9-3-2-4-9/h5-6,9H,2-4,7H2,1H3,(H,11,13). The Kier molecular flexibility index (Phi) is 2.43. The first kappa shape index (κ1) is 8.48. The minimum absolute atomic E-state index is 0.864. The predicted molar refractivity (Wildman–Crippen MR) is 52.6 cm³/mol. The van der Waals surface area contributed by atoms with Crippen LogP contribution >= 0.6 is 0 Å². The molecule has 1 N–H and O–H groups in total. The van der Waals surface area contributed by atoms with E-state index in [1.807, 2.05) is 19.1 Å². The predicted octanol–water partition coefficient (Wildman–Crippen LogP) is 2.00. The van der Waals surface area contributed by atoms with Crippen LogP contribution < -0.4 is 5.32 Å². The maximum atomic E-state index is 4.05. The lowest BCUT2D eigenvalue weighted by Gasteiger charge is -2.25. The van der Waals surface area contributed by atoms with E-state index in [1.165, 1.54) is 19.3 Å². The Morgan fingerprint density at radius 2 is 2.23 bits per heavy atom. The van der Waals surface area contributed by atoms with E-state index >= 15 is 0 Å². The fourth-order valence-corrected chi connectivity index (χ4v) is 1.44. The van der Waals surface area contributed by atoms with Crippen molar-refractivity contribution in [2.24, 2.45) is 5.92 Å². The SMILES string of the molecule is Cc1ccc(NCC2CCC2)nn1. The summed E-state index contributed by atoms with van der Waals surface area (Å²) in [5.74, 6) is 1.76. The van der Waals surface area contributed by atoms with E-state index in [1.54, 1.807) is 0 Å². The molecule has 2 rings (SSSR count). The van der Waals surface area contributed by atoms with Gasteiger partial charge in [-0.1, -0.05) is 6.42 Å². The van der Waals surface area contributed by atoms with Gasteiger partial charge in [-0.2, -0.15) is 5.10 Å². The molecule has 1 aliphatic rings. The normalized spacial score (nSPS) is 16.7. The quantitative estimate of drug-likeness (QED) is 0.767. The molecule has 0 bridgehead atoms. The van der Waals surface area contributed by atoms with Gasteiger partial charge in [-0.25, -0.2) is 0 Å². The molecular weight excluding hydrogens is 162 g/mol. The average molecular weight is 177 g/mol. The maximum Gasteiger partial charge on any atom is 0.148 e. The third kappa shape index (κ3) is 2.17. The van der Waals surface area contributed by atoms with E-state index in [0.29, 0.717) is 0 Å². The van der Waals surface area contributed by atoms with E-state index < -0.39 is 0 Å². The van der Waals surface area contributed by atoms with Crippen molar-refractivity contribution in [2.75, 3.05) is 11.9 Å². The molecule has 1 saturated carbocycles. The van der Waals surface area contributed by atoms with Crippen LogP contribution in [0.15, 0.2) is 12.1 Å². The lowest BCUT2D eigenvalue weighted by molar-refractivity contribution is 0.333. The zero-order chi connectivity index (χ0) is 9.10. The van der Waals surface area contributed by atoms with Crippen LogP contribution in [0.4, 0.5) is 5.82 Å². The van der Waals surface area contributed by atoms with Gasteiger partial charge in [0.1, 0.15) is 5.82 Å². The number of hydrogen-bond acceptors (Lipinski definition) is 3. The summed E-state index contributed by atoms with van der Waals surface area (Å²) in [6, 6.07) is 3.97. The zero-order valence-corrected chi connectivity index (χ0v) is 7.95. The molecule has 0 saturated heterocycles. The van der Waals surface area contributed by atoms with E-state index in [0.717, 1.165) is 24.0 Å². The third-order valence-electron chi connectivity index (χ3n) is 2.59. The summed E-state index contributed by atoms with van der Waals surface area (Å²) in [7, 11) is 0. The van der Waals surface area contributed by atoms with Crippen LogP contribution in [-0.2, 0) is 0 Å². The molecule has 0 amide bonds. The van der Waals surface area contributed by atoms with Gasteiger partial charge in [0.15, 0.2) is 0 Å². The van der Waals surface area contributed by atoms with E-state index in [4.69, 9.17) is 0 Å². The summed E-state index contributed by atoms with van der Waals surface area (Å²) >= 11 is 0. The summed E-state index contributed by atoms with van der Waals surface area (Å²) in [5.41, 5.74) is 0.967. The van der Waals surface area contributed by atoms with Crippen LogP contribution in [0, 0.1) is 12.8 Å². The van der Waals surface area contributed by atoms with Gasteiger partial charge < -0.3 is 5.32 Å². The Morgan fingerprint density at radius 3 is 2.77 bits per heavy atom. The molecule has 0 spiro atoms. The first-order chi connectivity index (χ1) is 6.34. The number of rotatable bonds is 3. The van der Waals surface area contributed by atoms with Gasteiger partial charge >= 0.3 is 0 Å². The van der Waals surface area contributed by atoms with Crippen LogP contribution in [0.5, 0.6) is 0 Å². The second-order valence-electron chi connectivity index (χ2n) is 3.74. The molecule has 0 aromatic carbocycles. The van der Waals surface area contributed by atoms with Gasteiger partial charge in [0.05, 0.1) is 5.69 Å². The zero-order valence-electron chi connectivity index (χ0n) is 7.95. The molecule has 13 heavy (non-hydrogen) atoms. The van der Waals surface area contributed by atoms with E-state index in [-0.39, 0.29) is 0 Å². The largest absolute Gasteiger partial charge is 0.368 e. The molecule has 0 unspecified atom stereocenters. The van der Waals surface area contributed by atoms with Gasteiger partial charge in [0, 0.05) is 6.54 Å². The molecule has 0 aliphatic heterocycles. The number of aryl methyl sites for hydroxylation is 1. The topological polar surface area (TPSA) is 37.8 Å². The number of hydrogen-bond donors (Lipinski definition) is 1. The first-order valence-corrected chi connectivity index (χ1v) is 4.89. The van der Waals surface area contributed by atoms with Crippen molar-refractivity contribution in [3.63, 3.8) is 0 Å². The fraction of sp³-hybridized carbons (Fsp3) is 0.600. The molecular formula is C10H15N3. The first-order valence-electron chi connectivity index (χ1n) is 4.89. The molecule has 3 nitrogen and oxygen atoms in total. The summed E-state index contributed by atoms with van der Waals surface area (Å²) in [5, 5.41) is 11.3. The van der Waals surface area contributed by atoms with Gasteiger partial charge in [0.25, 0.3) is 0 Å². The van der Waals surface area contributed by atoms with Gasteiger partial charge in [0.2, 0.25) is 0 Å². The molecule has 3 heteroatoms. The Hall–Kier alpha value is -1.12. The summed E-state index contributed by atoms with van der Waals surface area (Å²) in [4.78, 5) is 0. The minimum atomic E-state index is 0.864. The van der Waals surface area contributed by atoms with Crippen molar-refractivity contribution in [3.05, 3.63) is 17.8 Å². The van der Waals surface area contributed by atoms with Gasteiger partial charge in [-0.15, -0.1) is 5.10 Å². The number of anilines is 1. The molecule has 1 aromatic rings. The van der Waals surface area contributed by atoms with Crippen LogP contribution in [0.1, 0.15) is 25.0 Å². The molecule has 1 fully saturated rings. The fourth-order valence-electron chi connectivity index (χ4n) is 1.44. The lowest BCUT2D eigenvalue weighted by atomic mass is 9.85. The Bertz CT molecular complexity index is 264. The highest BCUT2D eigenvalue weighted by atomic mass is 15.2. The van der Waals surface area contributed by atoms with Crippen LogP contribution in [0.3, 0.4) is 0 Å². The van der Waals surface area contributed by atoms with Crippen LogP contribution in [0.25, 0.3) is 0 Å². The second-order valence-corrected chi connectivity index (χ2v) is 3.74. The molecule has 0 atom stereocenters. The summed E-state index contributed by atoms with van der Waals surface area (Å²) in [6.07, 6.45) is 4.13. The van der Waals surface area contributed by atoms with Crippen molar-refractivity contribution in [3.8, 4) is 0 Å². The Labute approximate surface area is 78.6 Å². The molecule has 1 heterocycles. The lowest BCUT2D eigenvalue weighted by Crippen LogP contribution is -2.21. The van der Waals surface area contributed by atoms with Crippen molar-refractivity contribution in [1.29, 1.82) is 0 Å².